The van der Waals surface area contributed by atoms with Crippen molar-refractivity contribution in [3.8, 4) is 0 Å². The van der Waals surface area contributed by atoms with Crippen LogP contribution in [0, 0.1) is 10.2 Å². The first kappa shape index (κ1) is 27.0. The van der Waals surface area contributed by atoms with Crippen LogP contribution < -0.4 is 34.5 Å². The van der Waals surface area contributed by atoms with Gasteiger partial charge in [0.2, 0.25) is 0 Å². The van der Waals surface area contributed by atoms with E-state index in [1.54, 1.807) is 0 Å². The van der Waals surface area contributed by atoms with E-state index < -0.39 is 17.5 Å². The molecular weight excluding hydrogens is 527 g/mol. The van der Waals surface area contributed by atoms with E-state index in [4.69, 9.17) is 18.6 Å². The number of hydrogen-bond donors (Lipinski definition) is 0. The number of rotatable bonds is 5. The van der Waals surface area contributed by atoms with Gasteiger partial charge in [0.15, 0.2) is 0 Å². The van der Waals surface area contributed by atoms with Crippen LogP contribution in [0.3, 0.4) is 0 Å². The Kier molecular flexibility index (Phi) is 8.06. The maximum absolute atomic E-state index is 8.49. The lowest BCUT2D eigenvalue weighted by Gasteiger charge is -2.29. The monoisotopic (exact) mass is 552 g/mol. The fourth-order valence-electron chi connectivity index (χ4n) is 5.28. The molecule has 6 aromatic carbocycles. The van der Waals surface area contributed by atoms with Gasteiger partial charge in [0.25, 0.3) is 0 Å². The van der Waals surface area contributed by atoms with Crippen molar-refractivity contribution in [2.24, 2.45) is 0 Å². The molecule has 0 bridgehead atoms. The van der Waals surface area contributed by atoms with Crippen LogP contribution in [-0.2, 0) is 6.16 Å². The van der Waals surface area contributed by atoms with E-state index in [1.165, 1.54) is 43.0 Å². The first-order valence-corrected chi connectivity index (χ1v) is 15.6. The maximum Gasteiger partial charge on any atom is 0.116 e. The van der Waals surface area contributed by atoms with Crippen molar-refractivity contribution >= 4 is 44.7 Å². The molecule has 4 nitrogen and oxygen atoms in total. The highest BCUT2D eigenvalue weighted by Crippen LogP contribution is 2.59. The standard InChI is InChI=1S/C33H26P.ClHO4/c1-4-16-28(17-5-1)34(29-18-6-2-7-19-29,30-20-8-3-9-21-30)25-33-31-22-12-10-14-26(31)24-27-15-11-13-23-32(27)33;2-1(3,4)5/h1-24H,25H2;(H,2,3,4,5)/q+1;/p-1. The molecule has 6 rings (SSSR count). The van der Waals surface area contributed by atoms with Gasteiger partial charge in [-0.3, -0.25) is 0 Å². The highest BCUT2D eigenvalue weighted by atomic mass is 35.7. The quantitative estimate of drug-likeness (QED) is 0.243. The Morgan fingerprint density at radius 2 is 0.744 bits per heavy atom. The molecule has 0 aliphatic heterocycles. The van der Waals surface area contributed by atoms with Crippen LogP contribution >= 0.6 is 7.26 Å². The van der Waals surface area contributed by atoms with Crippen LogP contribution in [0.2, 0.25) is 0 Å². The molecule has 0 aromatic heterocycles. The zero-order valence-electron chi connectivity index (χ0n) is 21.0. The van der Waals surface area contributed by atoms with Gasteiger partial charge in [0.05, 0.1) is 6.16 Å². The summed E-state index contributed by atoms with van der Waals surface area (Å²) in [6, 6.07) is 53.6. The van der Waals surface area contributed by atoms with E-state index in [0.717, 1.165) is 6.16 Å². The third kappa shape index (κ3) is 6.03. The molecule has 6 heteroatoms. The third-order valence-electron chi connectivity index (χ3n) is 6.87. The summed E-state index contributed by atoms with van der Waals surface area (Å²) in [7, 11) is -6.93. The largest absolute Gasteiger partial charge is 0.222 e. The van der Waals surface area contributed by atoms with Gasteiger partial charge >= 0.3 is 0 Å². The molecule has 0 N–H and O–H groups in total. The number of fused-ring (bicyclic) bond motifs is 2. The molecule has 0 saturated heterocycles. The van der Waals surface area contributed by atoms with Gasteiger partial charge in [-0.15, -0.1) is 10.2 Å². The van der Waals surface area contributed by atoms with Crippen molar-refractivity contribution in [1.29, 1.82) is 0 Å². The molecule has 0 heterocycles. The third-order valence-corrected chi connectivity index (χ3v) is 11.2. The van der Waals surface area contributed by atoms with Crippen molar-refractivity contribution in [3.05, 3.63) is 151 Å². The maximum atomic E-state index is 8.49. The molecule has 0 radical (unpaired) electrons. The highest BCUT2D eigenvalue weighted by Gasteiger charge is 2.46. The first-order valence-electron chi connectivity index (χ1n) is 12.4. The fraction of sp³-hybridized carbons (Fsp3) is 0.0303. The molecule has 6 aromatic rings. The van der Waals surface area contributed by atoms with E-state index in [1.807, 2.05) is 0 Å². The van der Waals surface area contributed by atoms with E-state index in [2.05, 4.69) is 146 Å². The Morgan fingerprint density at radius 1 is 0.436 bits per heavy atom. The van der Waals surface area contributed by atoms with Gasteiger partial charge in [0, 0.05) is 5.56 Å². The lowest BCUT2D eigenvalue weighted by atomic mass is 9.98. The Bertz CT molecular complexity index is 1510. The van der Waals surface area contributed by atoms with Crippen molar-refractivity contribution in [1.82, 2.24) is 0 Å². The molecule has 0 amide bonds. The smallest absolute Gasteiger partial charge is 0.116 e. The molecule has 194 valence electrons. The predicted molar refractivity (Wildman–Crippen MR) is 150 cm³/mol. The fourth-order valence-corrected chi connectivity index (χ4v) is 9.58. The summed E-state index contributed by atoms with van der Waals surface area (Å²) < 4.78 is 34.0. The van der Waals surface area contributed by atoms with Crippen molar-refractivity contribution in [2.45, 2.75) is 6.16 Å². The Labute approximate surface area is 230 Å². The Morgan fingerprint density at radius 3 is 1.10 bits per heavy atom. The SMILES string of the molecule is [O-][Cl+3]([O-])([O-])[O-].c1ccc([P+](Cc2c3ccccc3cc3ccccc23)(c2ccccc2)c2ccccc2)cc1. The summed E-state index contributed by atoms with van der Waals surface area (Å²) in [5.41, 5.74) is 1.44. The second kappa shape index (κ2) is 11.6. The summed E-state index contributed by atoms with van der Waals surface area (Å²) in [5.74, 6) is 0. The first-order chi connectivity index (χ1) is 18.9. The van der Waals surface area contributed by atoms with Gasteiger partial charge in [-0.1, -0.05) is 103 Å². The molecular formula is C33H26ClO4P. The van der Waals surface area contributed by atoms with Gasteiger partial charge < -0.3 is 0 Å². The average Bonchev–Trinajstić information content (AvgIpc) is 2.96. The summed E-state index contributed by atoms with van der Waals surface area (Å²) in [6.45, 7) is 0. The molecule has 0 saturated carbocycles. The molecule has 0 aliphatic carbocycles. The van der Waals surface area contributed by atoms with E-state index in [-0.39, 0.29) is 0 Å². The molecule has 0 spiro atoms. The van der Waals surface area contributed by atoms with Crippen LogP contribution in [0.1, 0.15) is 5.56 Å². The Balaban J connectivity index is 0.000000567. The molecule has 0 atom stereocenters. The summed E-state index contributed by atoms with van der Waals surface area (Å²) >= 11 is 0. The minimum atomic E-state index is -4.94. The molecule has 0 unspecified atom stereocenters. The van der Waals surface area contributed by atoms with E-state index >= 15 is 0 Å². The van der Waals surface area contributed by atoms with Crippen LogP contribution in [0.15, 0.2) is 146 Å². The van der Waals surface area contributed by atoms with Gasteiger partial charge in [-0.25, -0.2) is 18.6 Å². The van der Waals surface area contributed by atoms with Crippen LogP contribution in [0.25, 0.3) is 21.5 Å². The lowest BCUT2D eigenvalue weighted by molar-refractivity contribution is -2.00. The van der Waals surface area contributed by atoms with Crippen LogP contribution in [0.5, 0.6) is 0 Å². The number of benzene rings is 6. The van der Waals surface area contributed by atoms with Crippen LogP contribution in [-0.4, -0.2) is 0 Å². The molecule has 39 heavy (non-hydrogen) atoms. The normalized spacial score (nSPS) is 11.7. The van der Waals surface area contributed by atoms with Crippen LogP contribution in [0.4, 0.5) is 0 Å². The summed E-state index contributed by atoms with van der Waals surface area (Å²) in [5, 5.41) is 9.59. The molecule has 0 aliphatic rings. The van der Waals surface area contributed by atoms with Crippen molar-refractivity contribution < 1.29 is 28.9 Å². The second-order valence-corrected chi connectivity index (χ2v) is 13.4. The van der Waals surface area contributed by atoms with Crippen molar-refractivity contribution in [3.63, 3.8) is 0 Å². The minimum Gasteiger partial charge on any atom is -0.222 e. The average molecular weight is 553 g/mol. The van der Waals surface area contributed by atoms with Gasteiger partial charge in [-0.05, 0) is 64.0 Å². The topological polar surface area (TPSA) is 92.2 Å². The minimum absolute atomic E-state index is 0.979. The summed E-state index contributed by atoms with van der Waals surface area (Å²) in [6.07, 6.45) is 0.979. The molecule has 0 fully saturated rings. The van der Waals surface area contributed by atoms with Gasteiger partial charge in [-0.2, -0.15) is 0 Å². The summed E-state index contributed by atoms with van der Waals surface area (Å²) in [4.78, 5) is 0. The predicted octanol–water partition coefficient (Wildman–Crippen LogP) is 2.73. The van der Waals surface area contributed by atoms with E-state index in [0.29, 0.717) is 0 Å². The Hall–Kier alpha value is -3.60. The van der Waals surface area contributed by atoms with Crippen molar-refractivity contribution in [2.75, 3.05) is 0 Å². The number of halogens is 1. The zero-order valence-corrected chi connectivity index (χ0v) is 22.7. The zero-order chi connectivity index (χ0) is 27.3. The van der Waals surface area contributed by atoms with Gasteiger partial charge in [0.1, 0.15) is 23.2 Å². The number of hydrogen-bond acceptors (Lipinski definition) is 4. The highest BCUT2D eigenvalue weighted by molar-refractivity contribution is 7.95. The van der Waals surface area contributed by atoms with E-state index in [9.17, 15) is 0 Å². The second-order valence-electron chi connectivity index (χ2n) is 9.15. The lowest BCUT2D eigenvalue weighted by Crippen LogP contribution is -2.68.